The maximum atomic E-state index is 2.59. The van der Waals surface area contributed by atoms with Crippen LogP contribution in [0.4, 0.5) is 5.69 Å². The molecule has 1 nitrogen and oxygen atoms in total. The standard InChI is InChI=1S/C29H33NS/c1-7-27-28(8-2)31-18-30(27)29-25(23-14-19(3)12-20(4)15-23)10-9-11-26(29)24-16-21(5)13-22(6)17-24/h9-17H,7-8,18H2,1-6H3. The SMILES string of the molecule is CCC1=C(CC)N(c2c(-c3cc(C)cc(C)c3)cccc2-c2cc(C)cc(C)c2)CS1. The van der Waals surface area contributed by atoms with E-state index in [0.717, 1.165) is 18.7 Å². The number of hydrogen-bond donors (Lipinski definition) is 0. The molecule has 160 valence electrons. The molecule has 1 heterocycles. The number of thioether (sulfide) groups is 1. The summed E-state index contributed by atoms with van der Waals surface area (Å²) < 4.78 is 0. The second-order valence-electron chi connectivity index (χ2n) is 8.73. The number of rotatable bonds is 5. The van der Waals surface area contributed by atoms with E-state index < -0.39 is 0 Å². The van der Waals surface area contributed by atoms with Crippen molar-refractivity contribution in [3.63, 3.8) is 0 Å². The van der Waals surface area contributed by atoms with Gasteiger partial charge in [-0.15, -0.1) is 11.8 Å². The van der Waals surface area contributed by atoms with Gasteiger partial charge in [-0.25, -0.2) is 0 Å². The molecule has 31 heavy (non-hydrogen) atoms. The Labute approximate surface area is 192 Å². The molecule has 0 saturated carbocycles. The van der Waals surface area contributed by atoms with E-state index in [0.29, 0.717) is 0 Å². The molecule has 4 rings (SSSR count). The van der Waals surface area contributed by atoms with Crippen LogP contribution >= 0.6 is 11.8 Å². The minimum absolute atomic E-state index is 0.992. The van der Waals surface area contributed by atoms with Gasteiger partial charge in [0.1, 0.15) is 0 Å². The second-order valence-corrected chi connectivity index (χ2v) is 9.77. The highest BCUT2D eigenvalue weighted by Gasteiger charge is 2.27. The molecule has 2 heteroatoms. The van der Waals surface area contributed by atoms with E-state index in [4.69, 9.17) is 0 Å². The average Bonchev–Trinajstić information content (AvgIpc) is 3.14. The highest BCUT2D eigenvalue weighted by molar-refractivity contribution is 8.03. The summed E-state index contributed by atoms with van der Waals surface area (Å²) in [7, 11) is 0. The van der Waals surface area contributed by atoms with Crippen LogP contribution in [0.5, 0.6) is 0 Å². The van der Waals surface area contributed by atoms with Gasteiger partial charge in [-0.1, -0.05) is 90.7 Å². The fraction of sp³-hybridized carbons (Fsp3) is 0.310. The normalized spacial score (nSPS) is 13.9. The van der Waals surface area contributed by atoms with E-state index in [-0.39, 0.29) is 0 Å². The maximum Gasteiger partial charge on any atom is 0.0729 e. The van der Waals surface area contributed by atoms with Gasteiger partial charge in [0.15, 0.2) is 0 Å². The van der Waals surface area contributed by atoms with Gasteiger partial charge in [-0.05, 0) is 51.7 Å². The van der Waals surface area contributed by atoms with Crippen molar-refractivity contribution in [2.45, 2.75) is 54.4 Å². The van der Waals surface area contributed by atoms with Crippen molar-refractivity contribution in [1.29, 1.82) is 0 Å². The first-order valence-electron chi connectivity index (χ1n) is 11.3. The highest BCUT2D eigenvalue weighted by atomic mass is 32.2. The molecule has 1 aliphatic rings. The van der Waals surface area contributed by atoms with Crippen LogP contribution in [0.2, 0.25) is 0 Å². The van der Waals surface area contributed by atoms with Crippen LogP contribution in [0.3, 0.4) is 0 Å². The van der Waals surface area contributed by atoms with Crippen LogP contribution in [0, 0.1) is 27.7 Å². The Hall–Kier alpha value is -2.45. The monoisotopic (exact) mass is 427 g/mol. The van der Waals surface area contributed by atoms with E-state index in [1.165, 1.54) is 60.8 Å². The molecule has 0 aromatic heterocycles. The number of aryl methyl sites for hydroxylation is 4. The lowest BCUT2D eigenvalue weighted by atomic mass is 9.92. The number of nitrogens with zero attached hydrogens (tertiary/aromatic N) is 1. The molecule has 0 aliphatic carbocycles. The molecule has 3 aromatic rings. The third kappa shape index (κ3) is 4.32. The summed E-state index contributed by atoms with van der Waals surface area (Å²) in [6.07, 6.45) is 2.17. The lowest BCUT2D eigenvalue weighted by Crippen LogP contribution is -2.19. The molecule has 0 radical (unpaired) electrons. The third-order valence-corrected chi connectivity index (χ3v) is 7.30. The fourth-order valence-electron chi connectivity index (χ4n) is 4.91. The zero-order chi connectivity index (χ0) is 22.1. The fourth-order valence-corrected chi connectivity index (χ4v) is 6.10. The van der Waals surface area contributed by atoms with E-state index in [9.17, 15) is 0 Å². The maximum absolute atomic E-state index is 2.59. The van der Waals surface area contributed by atoms with Gasteiger partial charge in [0.05, 0.1) is 11.6 Å². The molecule has 0 atom stereocenters. The predicted molar refractivity (Wildman–Crippen MR) is 139 cm³/mol. The molecular formula is C29H33NS. The molecule has 0 amide bonds. The van der Waals surface area contributed by atoms with E-state index >= 15 is 0 Å². The summed E-state index contributed by atoms with van der Waals surface area (Å²) in [6, 6.07) is 20.7. The van der Waals surface area contributed by atoms with Crippen molar-refractivity contribution in [2.24, 2.45) is 0 Å². The number of hydrogen-bond acceptors (Lipinski definition) is 2. The van der Waals surface area contributed by atoms with E-state index in [2.05, 4.69) is 101 Å². The van der Waals surface area contributed by atoms with E-state index in [1.807, 2.05) is 11.8 Å². The van der Waals surface area contributed by atoms with Crippen LogP contribution < -0.4 is 4.90 Å². The zero-order valence-corrected chi connectivity index (χ0v) is 20.5. The Morgan fingerprint density at radius 3 is 1.61 bits per heavy atom. The van der Waals surface area contributed by atoms with Crippen molar-refractivity contribution < 1.29 is 0 Å². The van der Waals surface area contributed by atoms with Crippen LogP contribution in [0.1, 0.15) is 48.9 Å². The number of allylic oxidation sites excluding steroid dienone is 2. The number of benzene rings is 3. The van der Waals surface area contributed by atoms with Gasteiger partial charge in [0.2, 0.25) is 0 Å². The molecule has 0 fully saturated rings. The summed E-state index contributed by atoms with van der Waals surface area (Å²) in [6.45, 7) is 13.4. The van der Waals surface area contributed by atoms with Crippen molar-refractivity contribution >= 4 is 17.4 Å². The van der Waals surface area contributed by atoms with Gasteiger partial charge >= 0.3 is 0 Å². The first-order valence-corrected chi connectivity index (χ1v) is 12.3. The minimum atomic E-state index is 0.992. The first-order chi connectivity index (χ1) is 14.9. The highest BCUT2D eigenvalue weighted by Crippen LogP contribution is 2.47. The quantitative estimate of drug-likeness (QED) is 0.400. The zero-order valence-electron chi connectivity index (χ0n) is 19.7. The predicted octanol–water partition coefficient (Wildman–Crippen LogP) is 8.80. The van der Waals surface area contributed by atoms with Crippen LogP contribution in [-0.4, -0.2) is 5.88 Å². The Balaban J connectivity index is 2.02. The van der Waals surface area contributed by atoms with Gasteiger partial charge in [0, 0.05) is 21.7 Å². The molecule has 3 aromatic carbocycles. The number of para-hydroxylation sites is 1. The average molecular weight is 428 g/mol. The van der Waals surface area contributed by atoms with Crippen molar-refractivity contribution in [1.82, 2.24) is 0 Å². The summed E-state index contributed by atoms with van der Waals surface area (Å²) in [5.41, 5.74) is 13.4. The topological polar surface area (TPSA) is 3.24 Å². The molecule has 0 saturated heterocycles. The Morgan fingerprint density at radius 1 is 0.710 bits per heavy atom. The molecular weight excluding hydrogens is 394 g/mol. The Kier molecular flexibility index (Phi) is 6.29. The van der Waals surface area contributed by atoms with Crippen LogP contribution in [0.15, 0.2) is 65.2 Å². The first kappa shape index (κ1) is 21.8. The largest absolute Gasteiger partial charge is 0.333 e. The second kappa shape index (κ2) is 8.96. The molecule has 1 aliphatic heterocycles. The molecule has 0 unspecified atom stereocenters. The van der Waals surface area contributed by atoms with Gasteiger partial charge in [-0.2, -0.15) is 0 Å². The summed E-state index contributed by atoms with van der Waals surface area (Å²) in [5.74, 6) is 0.992. The molecule has 0 N–H and O–H groups in total. The van der Waals surface area contributed by atoms with Crippen molar-refractivity contribution in [2.75, 3.05) is 10.8 Å². The smallest absolute Gasteiger partial charge is 0.0729 e. The molecule has 0 bridgehead atoms. The van der Waals surface area contributed by atoms with E-state index in [1.54, 1.807) is 0 Å². The van der Waals surface area contributed by atoms with Gasteiger partial charge in [-0.3, -0.25) is 0 Å². The minimum Gasteiger partial charge on any atom is -0.333 e. The van der Waals surface area contributed by atoms with Crippen LogP contribution in [-0.2, 0) is 0 Å². The molecule has 0 spiro atoms. The summed E-state index contributed by atoms with van der Waals surface area (Å²) >= 11 is 2.00. The van der Waals surface area contributed by atoms with Crippen LogP contribution in [0.25, 0.3) is 22.3 Å². The lowest BCUT2D eigenvalue weighted by Gasteiger charge is -2.28. The summed E-state index contributed by atoms with van der Waals surface area (Å²) in [4.78, 5) is 4.12. The summed E-state index contributed by atoms with van der Waals surface area (Å²) in [5, 5.41) is 0. The Morgan fingerprint density at radius 2 is 1.19 bits per heavy atom. The van der Waals surface area contributed by atoms with Gasteiger partial charge < -0.3 is 4.90 Å². The third-order valence-electron chi connectivity index (χ3n) is 6.04. The van der Waals surface area contributed by atoms with Gasteiger partial charge in [0.25, 0.3) is 0 Å². The Bertz CT molecular complexity index is 1050. The lowest BCUT2D eigenvalue weighted by molar-refractivity contribution is 0.956. The van der Waals surface area contributed by atoms with Crippen molar-refractivity contribution in [3.05, 3.63) is 87.5 Å². The number of anilines is 1. The van der Waals surface area contributed by atoms with Crippen molar-refractivity contribution in [3.8, 4) is 22.3 Å².